The molecule has 6 heteroatoms. The van der Waals surface area contributed by atoms with Crippen LogP contribution in [0.4, 0.5) is 0 Å². The molecule has 2 amide bonds. The summed E-state index contributed by atoms with van der Waals surface area (Å²) in [6, 6.07) is 0. The minimum absolute atomic E-state index is 0.0838. The van der Waals surface area contributed by atoms with Gasteiger partial charge >= 0.3 is 0 Å². The molecule has 2 heterocycles. The van der Waals surface area contributed by atoms with Gasteiger partial charge in [0.1, 0.15) is 0 Å². The van der Waals surface area contributed by atoms with Gasteiger partial charge in [-0.1, -0.05) is 0 Å². The lowest BCUT2D eigenvalue weighted by atomic mass is 9.93. The third-order valence-electron chi connectivity index (χ3n) is 4.69. The van der Waals surface area contributed by atoms with Crippen LogP contribution in [0.2, 0.25) is 0 Å². The summed E-state index contributed by atoms with van der Waals surface area (Å²) in [5.41, 5.74) is 0. The number of morpholine rings is 1. The summed E-state index contributed by atoms with van der Waals surface area (Å²) in [6.45, 7) is 5.28. The maximum Gasteiger partial charge on any atom is 0.223 e. The van der Waals surface area contributed by atoms with Crippen molar-refractivity contribution in [1.82, 2.24) is 15.1 Å². The molecule has 0 aromatic heterocycles. The van der Waals surface area contributed by atoms with Crippen LogP contribution >= 0.6 is 0 Å². The first kappa shape index (κ1) is 17.2. The molecule has 0 aliphatic carbocycles. The number of carbonyl (C=O) groups excluding carboxylic acids is 2. The largest absolute Gasteiger partial charge is 0.378 e. The number of nitrogens with zero attached hydrogens (tertiary/aromatic N) is 2. The number of piperidine rings is 1. The van der Waals surface area contributed by atoms with Crippen molar-refractivity contribution in [2.24, 2.45) is 5.92 Å². The second-order valence-corrected chi connectivity index (χ2v) is 6.21. The summed E-state index contributed by atoms with van der Waals surface area (Å²) in [5.74, 6) is 0.945. The van der Waals surface area contributed by atoms with Gasteiger partial charge in [0.15, 0.2) is 0 Å². The summed E-state index contributed by atoms with van der Waals surface area (Å²) in [5, 5.41) is 3.18. The number of hydrogen-bond acceptors (Lipinski definition) is 4. The van der Waals surface area contributed by atoms with Crippen LogP contribution in [-0.2, 0) is 14.3 Å². The molecule has 2 aliphatic heterocycles. The zero-order valence-corrected chi connectivity index (χ0v) is 13.7. The topological polar surface area (TPSA) is 61.9 Å². The first-order valence-corrected chi connectivity index (χ1v) is 8.48. The second kappa shape index (κ2) is 9.10. The Balaban J connectivity index is 1.64. The SMILES string of the molecule is CNCCC1CCN(C(=O)CCC(=O)N2CCOCC2)CC1. The molecule has 6 nitrogen and oxygen atoms in total. The number of carbonyl (C=O) groups is 2. The van der Waals surface area contributed by atoms with Crippen molar-refractivity contribution < 1.29 is 14.3 Å². The Hall–Kier alpha value is -1.14. The minimum atomic E-state index is 0.0838. The van der Waals surface area contributed by atoms with E-state index in [2.05, 4.69) is 5.32 Å². The smallest absolute Gasteiger partial charge is 0.223 e. The highest BCUT2D eigenvalue weighted by molar-refractivity contribution is 5.83. The zero-order valence-electron chi connectivity index (χ0n) is 13.7. The molecule has 0 saturated carbocycles. The lowest BCUT2D eigenvalue weighted by molar-refractivity contribution is -0.140. The summed E-state index contributed by atoms with van der Waals surface area (Å²) in [7, 11) is 1.98. The first-order chi connectivity index (χ1) is 10.7. The number of ether oxygens (including phenoxy) is 1. The van der Waals surface area contributed by atoms with E-state index < -0.39 is 0 Å². The molecule has 0 radical (unpaired) electrons. The van der Waals surface area contributed by atoms with Crippen molar-refractivity contribution in [3.8, 4) is 0 Å². The van der Waals surface area contributed by atoms with Crippen LogP contribution < -0.4 is 5.32 Å². The van der Waals surface area contributed by atoms with Gasteiger partial charge in [0.25, 0.3) is 0 Å². The van der Waals surface area contributed by atoms with Gasteiger partial charge in [0.2, 0.25) is 11.8 Å². The summed E-state index contributed by atoms with van der Waals surface area (Å²) >= 11 is 0. The number of nitrogens with one attached hydrogen (secondary N) is 1. The molecule has 126 valence electrons. The molecule has 2 saturated heterocycles. The average Bonchev–Trinajstić information content (AvgIpc) is 2.58. The lowest BCUT2D eigenvalue weighted by Crippen LogP contribution is -2.42. The monoisotopic (exact) mass is 311 g/mol. The van der Waals surface area contributed by atoms with Crippen molar-refractivity contribution in [3.05, 3.63) is 0 Å². The van der Waals surface area contributed by atoms with Crippen LogP contribution in [-0.4, -0.2) is 74.6 Å². The summed E-state index contributed by atoms with van der Waals surface area (Å²) in [6.07, 6.45) is 4.04. The van der Waals surface area contributed by atoms with Gasteiger partial charge in [-0.2, -0.15) is 0 Å². The van der Waals surface area contributed by atoms with E-state index in [4.69, 9.17) is 4.74 Å². The van der Waals surface area contributed by atoms with E-state index in [0.717, 1.165) is 38.4 Å². The highest BCUT2D eigenvalue weighted by Gasteiger charge is 2.24. The summed E-state index contributed by atoms with van der Waals surface area (Å²) in [4.78, 5) is 28.0. The van der Waals surface area contributed by atoms with Gasteiger partial charge in [-0.3, -0.25) is 9.59 Å². The fourth-order valence-electron chi connectivity index (χ4n) is 3.16. The maximum absolute atomic E-state index is 12.2. The molecule has 0 bridgehead atoms. The van der Waals surface area contributed by atoms with Gasteiger partial charge in [-0.25, -0.2) is 0 Å². The Morgan fingerprint density at radius 1 is 1.00 bits per heavy atom. The fraction of sp³-hybridized carbons (Fsp3) is 0.875. The van der Waals surface area contributed by atoms with Crippen LogP contribution in [0.5, 0.6) is 0 Å². The van der Waals surface area contributed by atoms with Gasteiger partial charge in [0.05, 0.1) is 13.2 Å². The predicted molar refractivity (Wildman–Crippen MR) is 84.5 cm³/mol. The van der Waals surface area contributed by atoms with Crippen molar-refractivity contribution in [3.63, 3.8) is 0 Å². The maximum atomic E-state index is 12.2. The second-order valence-electron chi connectivity index (χ2n) is 6.21. The van der Waals surface area contributed by atoms with E-state index in [0.29, 0.717) is 39.1 Å². The highest BCUT2D eigenvalue weighted by Crippen LogP contribution is 2.20. The molecule has 2 rings (SSSR count). The molecule has 1 N–H and O–H groups in total. The van der Waals surface area contributed by atoms with Crippen LogP contribution in [0.15, 0.2) is 0 Å². The van der Waals surface area contributed by atoms with Crippen molar-refractivity contribution >= 4 is 11.8 Å². The van der Waals surface area contributed by atoms with Gasteiger partial charge in [0, 0.05) is 39.0 Å². The number of likely N-dealkylation sites (tertiary alicyclic amines) is 1. The average molecular weight is 311 g/mol. The van der Waals surface area contributed by atoms with Crippen LogP contribution in [0.1, 0.15) is 32.1 Å². The molecular weight excluding hydrogens is 282 g/mol. The molecule has 2 aliphatic rings. The quantitative estimate of drug-likeness (QED) is 0.775. The van der Waals surface area contributed by atoms with Crippen molar-refractivity contribution in [2.75, 3.05) is 53.0 Å². The van der Waals surface area contributed by atoms with E-state index in [1.807, 2.05) is 11.9 Å². The normalized spacial score (nSPS) is 20.2. The van der Waals surface area contributed by atoms with Crippen LogP contribution in [0, 0.1) is 5.92 Å². The Kier molecular flexibility index (Phi) is 7.12. The van der Waals surface area contributed by atoms with Crippen molar-refractivity contribution in [1.29, 1.82) is 0 Å². The molecule has 0 unspecified atom stereocenters. The van der Waals surface area contributed by atoms with E-state index >= 15 is 0 Å². The lowest BCUT2D eigenvalue weighted by Gasteiger charge is -2.32. The molecule has 0 spiro atoms. The Labute approximate surface area is 133 Å². The molecule has 2 fully saturated rings. The third-order valence-corrected chi connectivity index (χ3v) is 4.69. The van der Waals surface area contributed by atoms with E-state index in [1.165, 1.54) is 6.42 Å². The molecule has 0 aromatic carbocycles. The van der Waals surface area contributed by atoms with Crippen LogP contribution in [0.3, 0.4) is 0 Å². The first-order valence-electron chi connectivity index (χ1n) is 8.48. The predicted octanol–water partition coefficient (Wildman–Crippen LogP) is 0.474. The fourth-order valence-corrected chi connectivity index (χ4v) is 3.16. The third kappa shape index (κ3) is 5.25. The standard InChI is InChI=1S/C16H29N3O3/c1-17-7-4-14-5-8-18(9-6-14)15(20)2-3-16(21)19-10-12-22-13-11-19/h14,17H,2-13H2,1H3. The Bertz CT molecular complexity index is 362. The van der Waals surface area contributed by atoms with E-state index in [1.54, 1.807) is 4.90 Å². The highest BCUT2D eigenvalue weighted by atomic mass is 16.5. The van der Waals surface area contributed by atoms with Crippen molar-refractivity contribution in [2.45, 2.75) is 32.1 Å². The Morgan fingerprint density at radius 3 is 2.09 bits per heavy atom. The van der Waals surface area contributed by atoms with Gasteiger partial charge < -0.3 is 19.9 Å². The molecule has 0 aromatic rings. The van der Waals surface area contributed by atoms with Gasteiger partial charge in [-0.05, 0) is 38.8 Å². The number of amides is 2. The number of rotatable bonds is 6. The Morgan fingerprint density at radius 2 is 1.55 bits per heavy atom. The van der Waals surface area contributed by atoms with E-state index in [9.17, 15) is 9.59 Å². The van der Waals surface area contributed by atoms with Crippen LogP contribution in [0.25, 0.3) is 0 Å². The van der Waals surface area contributed by atoms with Gasteiger partial charge in [-0.15, -0.1) is 0 Å². The zero-order chi connectivity index (χ0) is 15.8. The molecular formula is C16H29N3O3. The van der Waals surface area contributed by atoms with E-state index in [-0.39, 0.29) is 11.8 Å². The molecule has 22 heavy (non-hydrogen) atoms. The number of hydrogen-bond donors (Lipinski definition) is 1. The summed E-state index contributed by atoms with van der Waals surface area (Å²) < 4.78 is 5.24. The molecule has 0 atom stereocenters. The minimum Gasteiger partial charge on any atom is -0.378 e.